The first-order valence-electron chi connectivity index (χ1n) is 9.23. The van der Waals surface area contributed by atoms with Crippen LogP contribution in [-0.4, -0.2) is 24.1 Å². The van der Waals surface area contributed by atoms with Crippen LogP contribution in [-0.2, 0) is 17.5 Å². The van der Waals surface area contributed by atoms with Crippen LogP contribution < -0.4 is 0 Å². The zero-order valence-electron chi connectivity index (χ0n) is 15.4. The molecular weight excluding hydrogens is 367 g/mol. The number of piperidine rings is 1. The van der Waals surface area contributed by atoms with E-state index in [0.717, 1.165) is 30.5 Å². The highest BCUT2D eigenvalue weighted by atomic mass is 19.4. The number of ether oxygens (including phenoxy) is 1. The Labute approximate surface area is 162 Å². The maximum absolute atomic E-state index is 12.6. The van der Waals surface area contributed by atoms with Crippen LogP contribution in [0.2, 0.25) is 0 Å². The van der Waals surface area contributed by atoms with Gasteiger partial charge in [0.1, 0.15) is 6.61 Å². The minimum atomic E-state index is -4.33. The predicted molar refractivity (Wildman–Crippen MR) is 101 cm³/mol. The van der Waals surface area contributed by atoms with E-state index < -0.39 is 11.7 Å². The van der Waals surface area contributed by atoms with E-state index in [1.807, 2.05) is 42.5 Å². The molecule has 148 valence electrons. The van der Waals surface area contributed by atoms with Crippen LogP contribution >= 0.6 is 0 Å². The molecule has 6 heteroatoms. The van der Waals surface area contributed by atoms with E-state index in [-0.39, 0.29) is 18.6 Å². The van der Waals surface area contributed by atoms with E-state index in [4.69, 9.17) is 4.74 Å². The van der Waals surface area contributed by atoms with Crippen LogP contribution in [0.3, 0.4) is 0 Å². The smallest absolute Gasteiger partial charge is 0.416 e. The van der Waals surface area contributed by atoms with Gasteiger partial charge in [0.15, 0.2) is 0 Å². The highest BCUT2D eigenvalue weighted by molar-refractivity contribution is 5.67. The van der Waals surface area contributed by atoms with Gasteiger partial charge in [-0.3, -0.25) is 0 Å². The molecule has 1 atom stereocenters. The van der Waals surface area contributed by atoms with Gasteiger partial charge in [-0.25, -0.2) is 4.79 Å². The van der Waals surface area contributed by atoms with Crippen LogP contribution in [0.15, 0.2) is 60.7 Å². The summed E-state index contributed by atoms with van der Waals surface area (Å²) in [6, 6.07) is 14.6. The van der Waals surface area contributed by atoms with Crippen LogP contribution in [0.25, 0.3) is 6.08 Å². The van der Waals surface area contributed by atoms with E-state index in [9.17, 15) is 18.0 Å². The summed E-state index contributed by atoms with van der Waals surface area (Å²) in [5.41, 5.74) is 0.984. The normalized spacial score (nSPS) is 17.7. The number of amides is 1. The molecule has 3 rings (SSSR count). The van der Waals surface area contributed by atoms with Gasteiger partial charge in [-0.15, -0.1) is 0 Å². The topological polar surface area (TPSA) is 29.5 Å². The lowest BCUT2D eigenvalue weighted by Crippen LogP contribution is -2.39. The Bertz CT molecular complexity index is 801. The van der Waals surface area contributed by atoms with E-state index in [1.165, 1.54) is 12.1 Å². The lowest BCUT2D eigenvalue weighted by Gasteiger charge is -2.30. The molecule has 0 saturated carbocycles. The van der Waals surface area contributed by atoms with Gasteiger partial charge in [0.2, 0.25) is 0 Å². The maximum atomic E-state index is 12.6. The molecule has 0 radical (unpaired) electrons. The zero-order valence-corrected chi connectivity index (χ0v) is 15.4. The number of alkyl halides is 3. The number of halogens is 3. The molecule has 1 saturated heterocycles. The number of hydrogen-bond acceptors (Lipinski definition) is 2. The Morgan fingerprint density at radius 2 is 1.82 bits per heavy atom. The lowest BCUT2D eigenvalue weighted by atomic mass is 9.97. The average molecular weight is 389 g/mol. The molecule has 0 aliphatic carbocycles. The van der Waals surface area contributed by atoms with Crippen molar-refractivity contribution < 1.29 is 22.7 Å². The van der Waals surface area contributed by atoms with Gasteiger partial charge >= 0.3 is 12.3 Å². The first-order valence-corrected chi connectivity index (χ1v) is 9.23. The molecule has 2 aromatic rings. The lowest BCUT2D eigenvalue weighted by molar-refractivity contribution is -0.137. The van der Waals surface area contributed by atoms with E-state index in [2.05, 4.69) is 0 Å². The standard InChI is InChI=1S/C22H22F3NO2/c23-22(24,25)20-12-10-17(11-13-20)8-9-18-7-4-14-26(15-18)21(27)28-16-19-5-2-1-3-6-19/h1-3,5-6,8-13,18H,4,7,14-16H2. The van der Waals surface area contributed by atoms with E-state index in [0.29, 0.717) is 18.7 Å². The summed E-state index contributed by atoms with van der Waals surface area (Å²) in [5, 5.41) is 0. The Hall–Kier alpha value is -2.76. The third kappa shape index (κ3) is 5.62. The summed E-state index contributed by atoms with van der Waals surface area (Å²) >= 11 is 0. The van der Waals surface area contributed by atoms with Gasteiger partial charge in [-0.1, -0.05) is 54.6 Å². The zero-order chi connectivity index (χ0) is 20.0. The van der Waals surface area contributed by atoms with Gasteiger partial charge in [0, 0.05) is 13.1 Å². The molecule has 1 aliphatic rings. The minimum Gasteiger partial charge on any atom is -0.445 e. The molecule has 1 aliphatic heterocycles. The Morgan fingerprint density at radius 1 is 1.11 bits per heavy atom. The Balaban J connectivity index is 1.52. The van der Waals surface area contributed by atoms with Gasteiger partial charge in [-0.2, -0.15) is 13.2 Å². The van der Waals surface area contributed by atoms with Gasteiger partial charge in [-0.05, 0) is 42.0 Å². The molecule has 2 aromatic carbocycles. The van der Waals surface area contributed by atoms with Crippen molar-refractivity contribution in [2.75, 3.05) is 13.1 Å². The molecule has 28 heavy (non-hydrogen) atoms. The van der Waals surface area contributed by atoms with Gasteiger partial charge < -0.3 is 9.64 Å². The minimum absolute atomic E-state index is 0.153. The van der Waals surface area contributed by atoms with Crippen molar-refractivity contribution >= 4 is 12.2 Å². The van der Waals surface area contributed by atoms with Crippen molar-refractivity contribution in [3.05, 3.63) is 77.4 Å². The van der Waals surface area contributed by atoms with Crippen molar-refractivity contribution in [2.45, 2.75) is 25.6 Å². The number of rotatable bonds is 4. The van der Waals surface area contributed by atoms with E-state index in [1.54, 1.807) is 4.90 Å². The highest BCUT2D eigenvalue weighted by Gasteiger charge is 2.29. The van der Waals surface area contributed by atoms with Crippen molar-refractivity contribution in [2.24, 2.45) is 5.92 Å². The second-order valence-corrected chi connectivity index (χ2v) is 6.87. The SMILES string of the molecule is O=C(OCc1ccccc1)N1CCCC(C=Cc2ccc(C(F)(F)F)cc2)C1. The number of carbonyl (C=O) groups is 1. The second-order valence-electron chi connectivity index (χ2n) is 6.87. The molecular formula is C22H22F3NO2. The molecule has 0 aromatic heterocycles. The number of benzene rings is 2. The Kier molecular flexibility index (Phi) is 6.39. The first kappa shape index (κ1) is 20.0. The average Bonchev–Trinajstić information content (AvgIpc) is 2.71. The molecule has 0 spiro atoms. The monoisotopic (exact) mass is 389 g/mol. The summed E-state index contributed by atoms with van der Waals surface area (Å²) in [5.74, 6) is 0.153. The Morgan fingerprint density at radius 3 is 2.50 bits per heavy atom. The summed E-state index contributed by atoms with van der Waals surface area (Å²) in [7, 11) is 0. The largest absolute Gasteiger partial charge is 0.445 e. The highest BCUT2D eigenvalue weighted by Crippen LogP contribution is 2.29. The fourth-order valence-corrected chi connectivity index (χ4v) is 3.17. The van der Waals surface area contributed by atoms with Crippen LogP contribution in [0.4, 0.5) is 18.0 Å². The summed E-state index contributed by atoms with van der Waals surface area (Å²) in [6.07, 6.45) is 0.897. The third-order valence-electron chi connectivity index (χ3n) is 4.72. The molecule has 1 fully saturated rings. The number of nitrogens with zero attached hydrogens (tertiary/aromatic N) is 1. The fraction of sp³-hybridized carbons (Fsp3) is 0.318. The molecule has 1 amide bonds. The number of hydrogen-bond donors (Lipinski definition) is 0. The maximum Gasteiger partial charge on any atom is 0.416 e. The molecule has 0 bridgehead atoms. The van der Waals surface area contributed by atoms with Crippen molar-refractivity contribution in [1.29, 1.82) is 0 Å². The summed E-state index contributed by atoms with van der Waals surface area (Å²) in [4.78, 5) is 14.0. The van der Waals surface area contributed by atoms with Crippen molar-refractivity contribution in [3.63, 3.8) is 0 Å². The van der Waals surface area contributed by atoms with Crippen LogP contribution in [0.5, 0.6) is 0 Å². The molecule has 1 heterocycles. The number of carbonyl (C=O) groups excluding carboxylic acids is 1. The van der Waals surface area contributed by atoms with Gasteiger partial charge in [0.05, 0.1) is 5.56 Å². The van der Waals surface area contributed by atoms with Crippen molar-refractivity contribution in [3.8, 4) is 0 Å². The number of likely N-dealkylation sites (tertiary alicyclic amines) is 1. The quantitative estimate of drug-likeness (QED) is 0.665. The van der Waals surface area contributed by atoms with Crippen molar-refractivity contribution in [1.82, 2.24) is 4.90 Å². The molecule has 0 N–H and O–H groups in total. The predicted octanol–water partition coefficient (Wildman–Crippen LogP) is 5.77. The fourth-order valence-electron chi connectivity index (χ4n) is 3.17. The van der Waals surface area contributed by atoms with Gasteiger partial charge in [0.25, 0.3) is 0 Å². The summed E-state index contributed by atoms with van der Waals surface area (Å²) in [6.45, 7) is 1.44. The van der Waals surface area contributed by atoms with E-state index >= 15 is 0 Å². The van der Waals surface area contributed by atoms with Crippen LogP contribution in [0, 0.1) is 5.92 Å². The summed E-state index contributed by atoms with van der Waals surface area (Å²) < 4.78 is 43.2. The van der Waals surface area contributed by atoms with Crippen LogP contribution in [0.1, 0.15) is 29.5 Å². The molecule has 1 unspecified atom stereocenters. The second kappa shape index (κ2) is 8.95. The first-order chi connectivity index (χ1) is 13.4. The molecule has 3 nitrogen and oxygen atoms in total. The third-order valence-corrected chi connectivity index (χ3v) is 4.72.